The van der Waals surface area contributed by atoms with E-state index in [0.717, 1.165) is 37.3 Å². The fourth-order valence-corrected chi connectivity index (χ4v) is 3.66. The zero-order valence-electron chi connectivity index (χ0n) is 13.2. The Bertz CT molecular complexity index is 738. The predicted molar refractivity (Wildman–Crippen MR) is 83.8 cm³/mol. The zero-order chi connectivity index (χ0) is 16.7. The Kier molecular flexibility index (Phi) is 3.51. The summed E-state index contributed by atoms with van der Waals surface area (Å²) in [4.78, 5) is 14.9. The molecule has 2 aliphatic rings. The number of hydrogen-bond acceptors (Lipinski definition) is 4. The van der Waals surface area contributed by atoms with E-state index >= 15 is 0 Å². The number of phenolic OH excluding ortho intramolecular Hbond substituents is 1. The van der Waals surface area contributed by atoms with E-state index in [1.165, 1.54) is 6.07 Å². The molecule has 1 aromatic carbocycles. The Morgan fingerprint density at radius 2 is 2.17 bits per heavy atom. The molecule has 0 spiro atoms. The highest BCUT2D eigenvalue weighted by Gasteiger charge is 2.54. The number of aromatic nitrogens is 3. The molecular formula is C17H19FN4O2. The summed E-state index contributed by atoms with van der Waals surface area (Å²) >= 11 is 0. The van der Waals surface area contributed by atoms with E-state index in [1.807, 2.05) is 4.90 Å². The molecule has 1 N–H and O–H groups in total. The van der Waals surface area contributed by atoms with Gasteiger partial charge in [0.05, 0.1) is 6.20 Å². The van der Waals surface area contributed by atoms with E-state index < -0.39 is 11.4 Å². The van der Waals surface area contributed by atoms with Crippen molar-refractivity contribution in [1.82, 2.24) is 19.9 Å². The molecule has 2 aromatic rings. The van der Waals surface area contributed by atoms with Gasteiger partial charge in [0, 0.05) is 31.3 Å². The molecule has 4 rings (SSSR count). The van der Waals surface area contributed by atoms with E-state index in [1.54, 1.807) is 23.1 Å². The Morgan fingerprint density at radius 3 is 2.83 bits per heavy atom. The summed E-state index contributed by atoms with van der Waals surface area (Å²) in [6.07, 6.45) is 6.61. The number of halogens is 1. The molecule has 0 bridgehead atoms. The summed E-state index contributed by atoms with van der Waals surface area (Å²) in [6, 6.07) is 4.13. The van der Waals surface area contributed by atoms with Gasteiger partial charge < -0.3 is 10.0 Å². The maximum absolute atomic E-state index is 13.6. The SMILES string of the molecule is O=C(N1CCCC(c2cc(O)cc(F)c2)C1)C1(n2ccnn2)CC1. The van der Waals surface area contributed by atoms with Gasteiger partial charge in [-0.3, -0.25) is 4.79 Å². The van der Waals surface area contributed by atoms with Gasteiger partial charge in [-0.05, 0) is 43.4 Å². The average Bonchev–Trinajstić information content (AvgIpc) is 3.19. The number of phenols is 1. The monoisotopic (exact) mass is 330 g/mol. The van der Waals surface area contributed by atoms with Crippen LogP contribution in [0.5, 0.6) is 5.75 Å². The first-order chi connectivity index (χ1) is 11.6. The number of nitrogens with zero attached hydrogens (tertiary/aromatic N) is 4. The number of amides is 1. The van der Waals surface area contributed by atoms with Crippen LogP contribution in [0, 0.1) is 5.82 Å². The molecule has 0 radical (unpaired) electrons. The van der Waals surface area contributed by atoms with Gasteiger partial charge in [-0.25, -0.2) is 9.07 Å². The molecule has 1 aliphatic carbocycles. The van der Waals surface area contributed by atoms with E-state index in [4.69, 9.17) is 0 Å². The molecule has 1 aliphatic heterocycles. The Balaban J connectivity index is 1.54. The minimum absolute atomic E-state index is 0.0378. The summed E-state index contributed by atoms with van der Waals surface area (Å²) in [5.74, 6) is -0.418. The Hall–Kier alpha value is -2.44. The molecule has 1 unspecified atom stereocenters. The topological polar surface area (TPSA) is 71.2 Å². The lowest BCUT2D eigenvalue weighted by atomic mass is 9.90. The second-order valence-corrected chi connectivity index (χ2v) is 6.71. The molecule has 6 nitrogen and oxygen atoms in total. The molecule has 1 aromatic heterocycles. The third-order valence-corrected chi connectivity index (χ3v) is 5.07. The second kappa shape index (κ2) is 5.58. The molecule has 1 atom stereocenters. The summed E-state index contributed by atoms with van der Waals surface area (Å²) in [6.45, 7) is 1.24. The molecular weight excluding hydrogens is 311 g/mol. The van der Waals surface area contributed by atoms with Gasteiger partial charge in [-0.15, -0.1) is 5.10 Å². The molecule has 1 amide bonds. The van der Waals surface area contributed by atoms with Crippen molar-refractivity contribution in [1.29, 1.82) is 0 Å². The summed E-state index contributed by atoms with van der Waals surface area (Å²) < 4.78 is 15.2. The second-order valence-electron chi connectivity index (χ2n) is 6.71. The van der Waals surface area contributed by atoms with Crippen molar-refractivity contribution in [2.75, 3.05) is 13.1 Å². The maximum Gasteiger partial charge on any atom is 0.250 e. The largest absolute Gasteiger partial charge is 0.508 e. The minimum atomic E-state index is -0.581. The molecule has 2 fully saturated rings. The van der Waals surface area contributed by atoms with E-state index in [-0.39, 0.29) is 17.6 Å². The highest BCUT2D eigenvalue weighted by molar-refractivity contribution is 5.87. The summed E-state index contributed by atoms with van der Waals surface area (Å²) in [5, 5.41) is 17.4. The number of rotatable bonds is 3. The number of hydrogen-bond donors (Lipinski definition) is 1. The van der Waals surface area contributed by atoms with Crippen LogP contribution in [-0.4, -0.2) is 44.0 Å². The number of carbonyl (C=O) groups is 1. The Morgan fingerprint density at radius 1 is 1.33 bits per heavy atom. The van der Waals surface area contributed by atoms with E-state index in [9.17, 15) is 14.3 Å². The minimum Gasteiger partial charge on any atom is -0.508 e. The van der Waals surface area contributed by atoms with Crippen LogP contribution in [0.2, 0.25) is 0 Å². The summed E-state index contributed by atoms with van der Waals surface area (Å²) in [5.41, 5.74) is 0.165. The number of likely N-dealkylation sites (tertiary alicyclic amines) is 1. The van der Waals surface area contributed by atoms with Gasteiger partial charge in [-0.1, -0.05) is 5.21 Å². The molecule has 126 valence electrons. The van der Waals surface area contributed by atoms with Crippen LogP contribution >= 0.6 is 0 Å². The van der Waals surface area contributed by atoms with Crippen molar-refractivity contribution in [2.45, 2.75) is 37.1 Å². The zero-order valence-corrected chi connectivity index (χ0v) is 13.2. The lowest BCUT2D eigenvalue weighted by Crippen LogP contribution is -2.46. The normalized spacial score (nSPS) is 22.4. The van der Waals surface area contributed by atoms with Crippen molar-refractivity contribution in [3.05, 3.63) is 42.0 Å². The van der Waals surface area contributed by atoms with Crippen LogP contribution in [0.4, 0.5) is 4.39 Å². The fourth-order valence-electron chi connectivity index (χ4n) is 3.66. The first kappa shape index (κ1) is 15.1. The fraction of sp³-hybridized carbons (Fsp3) is 0.471. The lowest BCUT2D eigenvalue weighted by molar-refractivity contribution is -0.137. The van der Waals surface area contributed by atoms with Gasteiger partial charge in [0.2, 0.25) is 0 Å². The van der Waals surface area contributed by atoms with Crippen molar-refractivity contribution >= 4 is 5.91 Å². The van der Waals surface area contributed by atoms with Crippen molar-refractivity contribution in [2.24, 2.45) is 0 Å². The summed E-state index contributed by atoms with van der Waals surface area (Å²) in [7, 11) is 0. The molecule has 2 heterocycles. The smallest absolute Gasteiger partial charge is 0.250 e. The highest BCUT2D eigenvalue weighted by Crippen LogP contribution is 2.45. The van der Waals surface area contributed by atoms with E-state index in [0.29, 0.717) is 13.1 Å². The van der Waals surface area contributed by atoms with Crippen molar-refractivity contribution < 1.29 is 14.3 Å². The average molecular weight is 330 g/mol. The van der Waals surface area contributed by atoms with Gasteiger partial charge in [0.15, 0.2) is 0 Å². The number of piperidine rings is 1. The van der Waals surface area contributed by atoms with Crippen LogP contribution in [0.25, 0.3) is 0 Å². The number of carbonyl (C=O) groups excluding carboxylic acids is 1. The third kappa shape index (κ3) is 2.53. The molecule has 24 heavy (non-hydrogen) atoms. The van der Waals surface area contributed by atoms with Crippen LogP contribution < -0.4 is 0 Å². The molecule has 1 saturated carbocycles. The number of aromatic hydroxyl groups is 1. The third-order valence-electron chi connectivity index (χ3n) is 5.07. The first-order valence-corrected chi connectivity index (χ1v) is 8.24. The lowest BCUT2D eigenvalue weighted by Gasteiger charge is -2.35. The van der Waals surface area contributed by atoms with Crippen LogP contribution in [0.1, 0.15) is 37.2 Å². The van der Waals surface area contributed by atoms with Crippen molar-refractivity contribution in [3.8, 4) is 5.75 Å². The van der Waals surface area contributed by atoms with Gasteiger partial charge >= 0.3 is 0 Å². The molecule has 1 saturated heterocycles. The highest BCUT2D eigenvalue weighted by atomic mass is 19.1. The van der Waals surface area contributed by atoms with Crippen LogP contribution in [-0.2, 0) is 10.3 Å². The van der Waals surface area contributed by atoms with Crippen molar-refractivity contribution in [3.63, 3.8) is 0 Å². The number of benzene rings is 1. The van der Waals surface area contributed by atoms with E-state index in [2.05, 4.69) is 10.3 Å². The Labute approximate surface area is 138 Å². The van der Waals surface area contributed by atoms with Gasteiger partial charge in [0.25, 0.3) is 5.91 Å². The van der Waals surface area contributed by atoms with Crippen LogP contribution in [0.15, 0.2) is 30.6 Å². The molecule has 7 heteroatoms. The van der Waals surface area contributed by atoms with Crippen LogP contribution in [0.3, 0.4) is 0 Å². The maximum atomic E-state index is 13.6. The first-order valence-electron chi connectivity index (χ1n) is 8.24. The van der Waals surface area contributed by atoms with Gasteiger partial charge in [-0.2, -0.15) is 0 Å². The standard InChI is InChI=1S/C17H19FN4O2/c18-14-8-13(9-15(23)10-14)12-2-1-6-21(11-12)16(24)17(3-4-17)22-7-5-19-20-22/h5,7-10,12,23H,1-4,6,11H2. The van der Waals surface area contributed by atoms with Gasteiger partial charge in [0.1, 0.15) is 17.1 Å². The quantitative estimate of drug-likeness (QED) is 0.934. The predicted octanol–water partition coefficient (Wildman–Crippen LogP) is 2.02.